The summed E-state index contributed by atoms with van der Waals surface area (Å²) in [7, 11) is 3.17. The Labute approximate surface area is 136 Å². The Bertz CT molecular complexity index is 671. The Morgan fingerprint density at radius 1 is 1.32 bits per heavy atom. The topological polar surface area (TPSA) is 82.5 Å². The van der Waals surface area contributed by atoms with E-state index in [1.807, 2.05) is 30.3 Å². The van der Waals surface area contributed by atoms with Gasteiger partial charge in [-0.15, -0.1) is 0 Å². The number of carboxylic acids is 1. The lowest BCUT2D eigenvalue weighted by molar-refractivity contribution is 0.0694. The van der Waals surface area contributed by atoms with Crippen molar-refractivity contribution in [2.24, 2.45) is 0 Å². The molecule has 0 fully saturated rings. The normalized spacial score (nSPS) is 10.3. The zero-order valence-electron chi connectivity index (χ0n) is 12.1. The van der Waals surface area contributed by atoms with E-state index in [9.17, 15) is 14.7 Å². The Morgan fingerprint density at radius 2 is 2.00 bits per heavy atom. The highest BCUT2D eigenvalue weighted by Gasteiger charge is 2.22. The number of amides is 2. The van der Waals surface area contributed by atoms with Gasteiger partial charge in [-0.05, 0) is 17.1 Å². The van der Waals surface area contributed by atoms with E-state index in [0.29, 0.717) is 10.8 Å². The number of carboxylic acid groups (broad SMARTS) is 1. The maximum Gasteiger partial charge on any atom is 0.341 e. The molecule has 0 aliphatic rings. The molecule has 0 unspecified atom stereocenters. The van der Waals surface area contributed by atoms with Crippen LogP contribution in [0, 0.1) is 0 Å². The molecular formula is C14H15N3O3S2. The van der Waals surface area contributed by atoms with Crippen LogP contribution in [0.5, 0.6) is 0 Å². The molecule has 2 aromatic rings. The molecule has 0 aliphatic carbocycles. The summed E-state index contributed by atoms with van der Waals surface area (Å²) < 4.78 is 4.16. The number of hydrogen-bond donors (Lipinski definition) is 2. The monoisotopic (exact) mass is 337 g/mol. The van der Waals surface area contributed by atoms with E-state index in [2.05, 4.69) is 9.69 Å². The zero-order chi connectivity index (χ0) is 16.1. The van der Waals surface area contributed by atoms with Gasteiger partial charge in [0.15, 0.2) is 0 Å². The fourth-order valence-electron chi connectivity index (χ4n) is 1.58. The number of carbonyl (C=O) groups is 2. The van der Waals surface area contributed by atoms with Gasteiger partial charge >= 0.3 is 12.0 Å². The average Bonchev–Trinajstić information content (AvgIpc) is 2.89. The number of nitrogens with one attached hydrogen (secondary N) is 1. The molecule has 2 amide bonds. The summed E-state index contributed by atoms with van der Waals surface area (Å²) in [5, 5.41) is 12.6. The maximum atomic E-state index is 11.7. The van der Waals surface area contributed by atoms with E-state index in [0.717, 1.165) is 17.1 Å². The standard InChI is InChI=1S/C14H15N3O3S2/c1-17(2)14(20)15-11-10(13(18)19)12(16-22-11)21-8-9-6-4-3-5-7-9/h3-7H,8H2,1-2H3,(H,15,20)(H,18,19). The Morgan fingerprint density at radius 3 is 2.59 bits per heavy atom. The van der Waals surface area contributed by atoms with Crippen LogP contribution < -0.4 is 5.32 Å². The highest BCUT2D eigenvalue weighted by molar-refractivity contribution is 7.98. The minimum Gasteiger partial charge on any atom is -0.477 e. The van der Waals surface area contributed by atoms with Crippen LogP contribution in [0.4, 0.5) is 9.80 Å². The number of hydrogen-bond acceptors (Lipinski definition) is 5. The smallest absolute Gasteiger partial charge is 0.341 e. The van der Waals surface area contributed by atoms with Gasteiger partial charge in [-0.3, -0.25) is 5.32 Å². The molecule has 6 nitrogen and oxygen atoms in total. The van der Waals surface area contributed by atoms with E-state index >= 15 is 0 Å². The average molecular weight is 337 g/mol. The molecule has 22 heavy (non-hydrogen) atoms. The van der Waals surface area contributed by atoms with Crippen molar-refractivity contribution in [3.05, 3.63) is 41.5 Å². The van der Waals surface area contributed by atoms with Gasteiger partial charge in [0.05, 0.1) is 0 Å². The van der Waals surface area contributed by atoms with Crippen molar-refractivity contribution in [1.82, 2.24) is 9.27 Å². The van der Waals surface area contributed by atoms with Gasteiger partial charge in [-0.25, -0.2) is 9.59 Å². The van der Waals surface area contributed by atoms with Gasteiger partial charge in [0.1, 0.15) is 15.6 Å². The van der Waals surface area contributed by atoms with E-state index < -0.39 is 5.97 Å². The van der Waals surface area contributed by atoms with Gasteiger partial charge < -0.3 is 10.0 Å². The SMILES string of the molecule is CN(C)C(=O)Nc1snc(SCc2ccccc2)c1C(=O)O. The Balaban J connectivity index is 2.16. The molecule has 8 heteroatoms. The van der Waals surface area contributed by atoms with Crippen LogP contribution >= 0.6 is 23.3 Å². The number of aromatic carboxylic acids is 1. The molecule has 0 bridgehead atoms. The molecule has 2 N–H and O–H groups in total. The first kappa shape index (κ1) is 16.3. The van der Waals surface area contributed by atoms with E-state index in [1.54, 1.807) is 14.1 Å². The molecule has 0 spiro atoms. The summed E-state index contributed by atoms with van der Waals surface area (Å²) in [6.07, 6.45) is 0. The maximum absolute atomic E-state index is 11.7. The van der Waals surface area contributed by atoms with Crippen LogP contribution in [-0.2, 0) is 5.75 Å². The predicted molar refractivity (Wildman–Crippen MR) is 87.8 cm³/mol. The molecule has 0 saturated carbocycles. The number of rotatable bonds is 5. The van der Waals surface area contributed by atoms with Crippen molar-refractivity contribution in [2.75, 3.05) is 19.4 Å². The number of benzene rings is 1. The summed E-state index contributed by atoms with van der Waals surface area (Å²) in [5.74, 6) is -0.482. The molecule has 116 valence electrons. The highest BCUT2D eigenvalue weighted by Crippen LogP contribution is 2.33. The molecule has 0 saturated heterocycles. The lowest BCUT2D eigenvalue weighted by atomic mass is 10.2. The second-order valence-corrected chi connectivity index (χ2v) is 6.33. The van der Waals surface area contributed by atoms with Crippen LogP contribution in [0.15, 0.2) is 35.4 Å². The highest BCUT2D eigenvalue weighted by atomic mass is 32.2. The van der Waals surface area contributed by atoms with Gasteiger partial charge in [0, 0.05) is 19.8 Å². The van der Waals surface area contributed by atoms with Crippen LogP contribution in [-0.4, -0.2) is 40.5 Å². The van der Waals surface area contributed by atoms with Crippen LogP contribution in [0.2, 0.25) is 0 Å². The predicted octanol–water partition coefficient (Wildman–Crippen LogP) is 3.23. The third-order valence-corrected chi connectivity index (χ3v) is 4.64. The molecule has 2 rings (SSSR count). The van der Waals surface area contributed by atoms with Crippen LogP contribution in [0.1, 0.15) is 15.9 Å². The minimum absolute atomic E-state index is 0.0427. The summed E-state index contributed by atoms with van der Waals surface area (Å²) in [5.41, 5.74) is 1.12. The van der Waals surface area contributed by atoms with E-state index in [-0.39, 0.29) is 16.6 Å². The third kappa shape index (κ3) is 3.99. The largest absolute Gasteiger partial charge is 0.477 e. The molecular weight excluding hydrogens is 322 g/mol. The number of nitrogens with zero attached hydrogens (tertiary/aromatic N) is 2. The first-order valence-electron chi connectivity index (χ1n) is 6.37. The van der Waals surface area contributed by atoms with Crippen LogP contribution in [0.3, 0.4) is 0 Å². The first-order valence-corrected chi connectivity index (χ1v) is 8.13. The molecule has 0 atom stereocenters. The Hall–Kier alpha value is -2.06. The molecule has 0 radical (unpaired) electrons. The third-order valence-electron chi connectivity index (χ3n) is 2.72. The minimum atomic E-state index is -1.10. The summed E-state index contributed by atoms with van der Waals surface area (Å²) in [4.78, 5) is 24.5. The van der Waals surface area contributed by atoms with E-state index in [4.69, 9.17) is 0 Å². The number of urea groups is 1. The van der Waals surface area contributed by atoms with Crippen molar-refractivity contribution in [3.63, 3.8) is 0 Å². The van der Waals surface area contributed by atoms with Crippen molar-refractivity contribution in [3.8, 4) is 0 Å². The second kappa shape index (κ2) is 7.28. The van der Waals surface area contributed by atoms with Crippen molar-refractivity contribution >= 4 is 40.3 Å². The van der Waals surface area contributed by atoms with Crippen LogP contribution in [0.25, 0.3) is 0 Å². The van der Waals surface area contributed by atoms with Gasteiger partial charge in [-0.2, -0.15) is 4.37 Å². The van der Waals surface area contributed by atoms with Crippen molar-refractivity contribution in [2.45, 2.75) is 10.8 Å². The molecule has 1 heterocycles. The van der Waals surface area contributed by atoms with Crippen molar-refractivity contribution < 1.29 is 14.7 Å². The number of carbonyl (C=O) groups excluding carboxylic acids is 1. The van der Waals surface area contributed by atoms with Gasteiger partial charge in [-0.1, -0.05) is 42.1 Å². The lowest BCUT2D eigenvalue weighted by Crippen LogP contribution is -2.27. The molecule has 0 aliphatic heterocycles. The number of aromatic nitrogens is 1. The lowest BCUT2D eigenvalue weighted by Gasteiger charge is -2.10. The molecule has 1 aromatic heterocycles. The molecule has 1 aromatic carbocycles. The summed E-state index contributed by atoms with van der Waals surface area (Å²) in [6, 6.07) is 9.33. The number of anilines is 1. The Kier molecular flexibility index (Phi) is 5.40. The zero-order valence-corrected chi connectivity index (χ0v) is 13.7. The second-order valence-electron chi connectivity index (χ2n) is 4.60. The summed E-state index contributed by atoms with van der Waals surface area (Å²) >= 11 is 2.31. The fraction of sp³-hybridized carbons (Fsp3) is 0.214. The van der Waals surface area contributed by atoms with Gasteiger partial charge in [0.25, 0.3) is 0 Å². The van der Waals surface area contributed by atoms with Crippen molar-refractivity contribution in [1.29, 1.82) is 0 Å². The fourth-order valence-corrected chi connectivity index (χ4v) is 3.47. The summed E-state index contributed by atoms with van der Waals surface area (Å²) in [6.45, 7) is 0. The quantitative estimate of drug-likeness (QED) is 0.819. The van der Waals surface area contributed by atoms with Gasteiger partial charge in [0.2, 0.25) is 0 Å². The number of thioether (sulfide) groups is 1. The van der Waals surface area contributed by atoms with E-state index in [1.165, 1.54) is 16.7 Å². The first-order chi connectivity index (χ1) is 10.5.